The molecule has 0 spiro atoms. The summed E-state index contributed by atoms with van der Waals surface area (Å²) in [6.45, 7) is 4.99. The van der Waals surface area contributed by atoms with Gasteiger partial charge in [-0.3, -0.25) is 4.68 Å². The van der Waals surface area contributed by atoms with E-state index >= 15 is 0 Å². The lowest BCUT2D eigenvalue weighted by molar-refractivity contribution is 0.768. The number of rotatable bonds is 4. The quantitative estimate of drug-likeness (QED) is 0.622. The fourth-order valence-electron chi connectivity index (χ4n) is 3.02. The van der Waals surface area contributed by atoms with Crippen LogP contribution in [0.15, 0.2) is 49.1 Å². The van der Waals surface area contributed by atoms with E-state index in [1.54, 1.807) is 10.9 Å². The fourth-order valence-corrected chi connectivity index (χ4v) is 3.02. The molecule has 0 fully saturated rings. The van der Waals surface area contributed by atoms with Crippen molar-refractivity contribution in [1.82, 2.24) is 24.4 Å². The summed E-state index contributed by atoms with van der Waals surface area (Å²) in [4.78, 5) is 4.50. The monoisotopic (exact) mass is 332 g/mol. The normalized spacial score (nSPS) is 11.2. The van der Waals surface area contributed by atoms with Gasteiger partial charge >= 0.3 is 0 Å². The summed E-state index contributed by atoms with van der Waals surface area (Å²) >= 11 is 0. The van der Waals surface area contributed by atoms with Crippen LogP contribution in [0, 0.1) is 13.8 Å². The molecule has 0 saturated heterocycles. The first-order valence-corrected chi connectivity index (χ1v) is 8.23. The van der Waals surface area contributed by atoms with Gasteiger partial charge in [-0.05, 0) is 31.0 Å². The van der Waals surface area contributed by atoms with E-state index < -0.39 is 0 Å². The molecular formula is C19H20N6. The Bertz CT molecular complexity index is 1040. The van der Waals surface area contributed by atoms with Crippen molar-refractivity contribution in [3.05, 3.63) is 65.7 Å². The van der Waals surface area contributed by atoms with Crippen LogP contribution in [0.2, 0.25) is 0 Å². The van der Waals surface area contributed by atoms with Gasteiger partial charge in [0.15, 0.2) is 5.65 Å². The second-order valence-corrected chi connectivity index (χ2v) is 6.31. The lowest BCUT2D eigenvalue weighted by Gasteiger charge is -2.11. The van der Waals surface area contributed by atoms with E-state index in [2.05, 4.69) is 52.5 Å². The molecule has 0 aliphatic rings. The van der Waals surface area contributed by atoms with Crippen LogP contribution in [0.5, 0.6) is 0 Å². The molecule has 3 heterocycles. The molecule has 0 bridgehead atoms. The van der Waals surface area contributed by atoms with Crippen molar-refractivity contribution in [2.75, 3.05) is 5.32 Å². The lowest BCUT2D eigenvalue weighted by atomic mass is 10.1. The van der Waals surface area contributed by atoms with Crippen LogP contribution < -0.4 is 5.32 Å². The SMILES string of the molecule is Cc1ccc(CNc2ccnc3c(-c4cnn(C)c4)cnn23)c(C)c1. The van der Waals surface area contributed by atoms with Crippen molar-refractivity contribution in [2.45, 2.75) is 20.4 Å². The van der Waals surface area contributed by atoms with Gasteiger partial charge in [0.1, 0.15) is 5.82 Å². The molecule has 3 aromatic heterocycles. The highest BCUT2D eigenvalue weighted by Gasteiger charge is 2.12. The van der Waals surface area contributed by atoms with Gasteiger partial charge < -0.3 is 5.32 Å². The second-order valence-electron chi connectivity index (χ2n) is 6.31. The highest BCUT2D eigenvalue weighted by Crippen LogP contribution is 2.24. The Kier molecular flexibility index (Phi) is 3.72. The summed E-state index contributed by atoms with van der Waals surface area (Å²) in [5.41, 5.74) is 6.64. The molecule has 126 valence electrons. The molecule has 0 atom stereocenters. The van der Waals surface area contributed by atoms with E-state index in [1.807, 2.05) is 36.2 Å². The topological polar surface area (TPSA) is 60.0 Å². The van der Waals surface area contributed by atoms with Crippen LogP contribution in [0.3, 0.4) is 0 Å². The molecule has 0 radical (unpaired) electrons. The number of nitrogens with zero attached hydrogens (tertiary/aromatic N) is 5. The number of benzene rings is 1. The molecule has 4 aromatic rings. The summed E-state index contributed by atoms with van der Waals surface area (Å²) in [5.74, 6) is 0.917. The smallest absolute Gasteiger partial charge is 0.165 e. The summed E-state index contributed by atoms with van der Waals surface area (Å²) in [6, 6.07) is 8.45. The third-order valence-electron chi connectivity index (χ3n) is 4.38. The predicted molar refractivity (Wildman–Crippen MR) is 98.4 cm³/mol. The minimum Gasteiger partial charge on any atom is -0.366 e. The maximum atomic E-state index is 4.51. The Hall–Kier alpha value is -3.15. The summed E-state index contributed by atoms with van der Waals surface area (Å²) in [7, 11) is 1.90. The maximum Gasteiger partial charge on any atom is 0.165 e. The average Bonchev–Trinajstić information content (AvgIpc) is 3.20. The number of hydrogen-bond donors (Lipinski definition) is 1. The van der Waals surface area contributed by atoms with Crippen LogP contribution >= 0.6 is 0 Å². The first-order valence-electron chi connectivity index (χ1n) is 8.23. The maximum absolute atomic E-state index is 4.51. The van der Waals surface area contributed by atoms with Gasteiger partial charge in [0.05, 0.1) is 12.4 Å². The van der Waals surface area contributed by atoms with Crippen molar-refractivity contribution >= 4 is 11.5 Å². The van der Waals surface area contributed by atoms with E-state index in [1.165, 1.54) is 16.7 Å². The van der Waals surface area contributed by atoms with Crippen LogP contribution in [-0.4, -0.2) is 24.4 Å². The molecule has 1 aromatic carbocycles. The van der Waals surface area contributed by atoms with Crippen LogP contribution in [0.1, 0.15) is 16.7 Å². The van der Waals surface area contributed by atoms with Crippen LogP contribution in [0.4, 0.5) is 5.82 Å². The Morgan fingerprint density at radius 2 is 1.96 bits per heavy atom. The Labute approximate surface area is 146 Å². The van der Waals surface area contributed by atoms with Gasteiger partial charge in [0, 0.05) is 37.1 Å². The van der Waals surface area contributed by atoms with Crippen molar-refractivity contribution < 1.29 is 0 Å². The summed E-state index contributed by atoms with van der Waals surface area (Å²) < 4.78 is 3.62. The zero-order chi connectivity index (χ0) is 17.4. The molecular weight excluding hydrogens is 312 g/mol. The van der Waals surface area contributed by atoms with Gasteiger partial charge in [0.2, 0.25) is 0 Å². The van der Waals surface area contributed by atoms with E-state index in [0.29, 0.717) is 0 Å². The van der Waals surface area contributed by atoms with Gasteiger partial charge in [-0.2, -0.15) is 14.7 Å². The van der Waals surface area contributed by atoms with Crippen molar-refractivity contribution in [1.29, 1.82) is 0 Å². The summed E-state index contributed by atoms with van der Waals surface area (Å²) in [5, 5.41) is 12.2. The fraction of sp³-hybridized carbons (Fsp3) is 0.211. The Morgan fingerprint density at radius 3 is 2.72 bits per heavy atom. The number of aromatic nitrogens is 5. The standard InChI is InChI=1S/C19H20N6/c1-13-4-5-15(14(2)8-13)9-21-18-6-7-20-19-17(11-23-25(18)19)16-10-22-24(3)12-16/h4-8,10-12,21H,9H2,1-3H3. The minimum atomic E-state index is 0.743. The van der Waals surface area contributed by atoms with E-state index in [4.69, 9.17) is 0 Å². The summed E-state index contributed by atoms with van der Waals surface area (Å²) in [6.07, 6.45) is 7.44. The first kappa shape index (κ1) is 15.4. The highest BCUT2D eigenvalue weighted by molar-refractivity contribution is 5.77. The molecule has 1 N–H and O–H groups in total. The number of aryl methyl sites for hydroxylation is 3. The largest absolute Gasteiger partial charge is 0.366 e. The molecule has 4 rings (SSSR count). The van der Waals surface area contributed by atoms with Gasteiger partial charge in [-0.15, -0.1) is 0 Å². The van der Waals surface area contributed by atoms with Crippen molar-refractivity contribution in [2.24, 2.45) is 7.05 Å². The minimum absolute atomic E-state index is 0.743. The molecule has 0 unspecified atom stereocenters. The number of anilines is 1. The lowest BCUT2D eigenvalue weighted by Crippen LogP contribution is -2.06. The van der Waals surface area contributed by atoms with Gasteiger partial charge in [-0.25, -0.2) is 4.98 Å². The molecule has 0 aliphatic carbocycles. The Balaban J connectivity index is 1.65. The highest BCUT2D eigenvalue weighted by atomic mass is 15.3. The van der Waals surface area contributed by atoms with E-state index in [9.17, 15) is 0 Å². The second kappa shape index (κ2) is 6.05. The van der Waals surface area contributed by atoms with Gasteiger partial charge in [-0.1, -0.05) is 23.8 Å². The number of nitrogens with one attached hydrogen (secondary N) is 1. The van der Waals surface area contributed by atoms with Crippen molar-refractivity contribution in [3.8, 4) is 11.1 Å². The molecule has 6 nitrogen and oxygen atoms in total. The molecule has 0 aliphatic heterocycles. The Morgan fingerprint density at radius 1 is 1.08 bits per heavy atom. The van der Waals surface area contributed by atoms with Crippen LogP contribution in [-0.2, 0) is 13.6 Å². The third-order valence-corrected chi connectivity index (χ3v) is 4.38. The third kappa shape index (κ3) is 2.87. The number of fused-ring (bicyclic) bond motifs is 1. The van der Waals surface area contributed by atoms with Gasteiger partial charge in [0.25, 0.3) is 0 Å². The molecule has 25 heavy (non-hydrogen) atoms. The van der Waals surface area contributed by atoms with E-state index in [-0.39, 0.29) is 0 Å². The van der Waals surface area contributed by atoms with Crippen molar-refractivity contribution in [3.63, 3.8) is 0 Å². The average molecular weight is 332 g/mol. The molecule has 0 amide bonds. The predicted octanol–water partition coefficient (Wildman–Crippen LogP) is 3.36. The van der Waals surface area contributed by atoms with Crippen LogP contribution in [0.25, 0.3) is 16.8 Å². The zero-order valence-electron chi connectivity index (χ0n) is 14.6. The molecule has 0 saturated carbocycles. The first-order chi connectivity index (χ1) is 12.1. The molecule has 6 heteroatoms. The van der Waals surface area contributed by atoms with E-state index in [0.717, 1.165) is 29.1 Å². The zero-order valence-corrected chi connectivity index (χ0v) is 14.6. The number of hydrogen-bond acceptors (Lipinski definition) is 4.